The van der Waals surface area contributed by atoms with Crippen LogP contribution >= 0.6 is 11.3 Å². The Bertz CT molecular complexity index is 1220. The summed E-state index contributed by atoms with van der Waals surface area (Å²) >= 11 is 1.37. The average molecular weight is 430 g/mol. The number of anilines is 1. The van der Waals surface area contributed by atoms with E-state index in [1.54, 1.807) is 12.4 Å². The van der Waals surface area contributed by atoms with E-state index in [2.05, 4.69) is 45.5 Å². The number of thiophene rings is 1. The molecule has 0 aliphatic carbocycles. The molecule has 156 valence electrons. The van der Waals surface area contributed by atoms with E-state index in [1.165, 1.54) is 22.5 Å². The molecule has 1 aliphatic rings. The third-order valence-corrected chi connectivity index (χ3v) is 6.69. The molecule has 0 radical (unpaired) electrons. The Balaban J connectivity index is 1.35. The van der Waals surface area contributed by atoms with E-state index in [1.807, 2.05) is 18.2 Å². The molecule has 4 heterocycles. The van der Waals surface area contributed by atoms with Crippen molar-refractivity contribution >= 4 is 33.1 Å². The summed E-state index contributed by atoms with van der Waals surface area (Å²) < 4.78 is 0. The minimum atomic E-state index is -0.173. The van der Waals surface area contributed by atoms with Crippen LogP contribution in [0.4, 0.5) is 5.69 Å². The lowest BCUT2D eigenvalue weighted by atomic mass is 10.0. The van der Waals surface area contributed by atoms with E-state index < -0.39 is 0 Å². The van der Waals surface area contributed by atoms with Crippen LogP contribution in [-0.4, -0.2) is 27.3 Å². The molecule has 5 rings (SSSR count). The number of nitrogens with one attached hydrogen (secondary N) is 1. The molecule has 6 nitrogen and oxygen atoms in total. The molecule has 0 atom stereocenters. The molecule has 4 aromatic rings. The van der Waals surface area contributed by atoms with Gasteiger partial charge in [0.15, 0.2) is 0 Å². The molecule has 0 saturated heterocycles. The molecule has 1 aromatic carbocycles. The summed E-state index contributed by atoms with van der Waals surface area (Å²) in [4.78, 5) is 25.5. The standard InChI is InChI=1S/C24H23N5OS/c25-21-19-11-18-15-29(14-16-5-2-1-3-6-16)10-8-20(18)28-24(19)31-22(21)23(30)27-13-17-7-4-9-26-12-17/h1-7,9,11-12H,8,10,13-15,25H2,(H,27,30). The molecule has 0 saturated carbocycles. The summed E-state index contributed by atoms with van der Waals surface area (Å²) in [5.74, 6) is -0.173. The molecular weight excluding hydrogens is 406 g/mol. The smallest absolute Gasteiger partial charge is 0.263 e. The number of fused-ring (bicyclic) bond motifs is 2. The molecule has 0 bridgehead atoms. The Morgan fingerprint density at radius 1 is 1.16 bits per heavy atom. The van der Waals surface area contributed by atoms with E-state index >= 15 is 0 Å². The Morgan fingerprint density at radius 3 is 2.81 bits per heavy atom. The first-order chi connectivity index (χ1) is 15.2. The largest absolute Gasteiger partial charge is 0.397 e. The van der Waals surface area contributed by atoms with Crippen molar-refractivity contribution in [2.45, 2.75) is 26.1 Å². The van der Waals surface area contributed by atoms with Crippen molar-refractivity contribution in [3.63, 3.8) is 0 Å². The molecule has 0 fully saturated rings. The molecule has 7 heteroatoms. The van der Waals surface area contributed by atoms with Gasteiger partial charge in [-0.25, -0.2) is 4.98 Å². The fourth-order valence-electron chi connectivity index (χ4n) is 3.97. The molecular formula is C24H23N5OS. The zero-order chi connectivity index (χ0) is 21.2. The number of carbonyl (C=O) groups excluding carboxylic acids is 1. The summed E-state index contributed by atoms with van der Waals surface area (Å²) in [5, 5.41) is 3.81. The first kappa shape index (κ1) is 19.7. The van der Waals surface area contributed by atoms with Crippen molar-refractivity contribution in [1.82, 2.24) is 20.2 Å². The highest BCUT2D eigenvalue weighted by Crippen LogP contribution is 2.35. The second-order valence-corrected chi connectivity index (χ2v) is 8.78. The number of carbonyl (C=O) groups is 1. The van der Waals surface area contributed by atoms with Crippen LogP contribution in [0.1, 0.15) is 32.1 Å². The average Bonchev–Trinajstić information content (AvgIpc) is 3.13. The van der Waals surface area contributed by atoms with Crippen LogP contribution in [0.3, 0.4) is 0 Å². The van der Waals surface area contributed by atoms with Crippen LogP contribution < -0.4 is 11.1 Å². The fourth-order valence-corrected chi connectivity index (χ4v) is 4.98. The van der Waals surface area contributed by atoms with Gasteiger partial charge in [0.05, 0.1) is 5.69 Å². The number of nitrogens with zero attached hydrogens (tertiary/aromatic N) is 3. The third-order valence-electron chi connectivity index (χ3n) is 5.58. The molecule has 0 unspecified atom stereocenters. The van der Waals surface area contributed by atoms with Crippen LogP contribution in [0, 0.1) is 0 Å². The van der Waals surface area contributed by atoms with E-state index in [4.69, 9.17) is 10.7 Å². The summed E-state index contributed by atoms with van der Waals surface area (Å²) in [6.07, 6.45) is 4.35. The Kier molecular flexibility index (Phi) is 5.36. The van der Waals surface area contributed by atoms with Gasteiger partial charge in [-0.3, -0.25) is 14.7 Å². The number of benzene rings is 1. The Labute approximate surface area is 184 Å². The van der Waals surface area contributed by atoms with Crippen molar-refractivity contribution in [3.8, 4) is 0 Å². The van der Waals surface area contributed by atoms with Crippen molar-refractivity contribution in [2.75, 3.05) is 12.3 Å². The van der Waals surface area contributed by atoms with Crippen molar-refractivity contribution in [2.24, 2.45) is 0 Å². The summed E-state index contributed by atoms with van der Waals surface area (Å²) in [7, 11) is 0. The van der Waals surface area contributed by atoms with E-state index in [0.29, 0.717) is 17.1 Å². The number of amides is 1. The highest BCUT2D eigenvalue weighted by molar-refractivity contribution is 7.21. The second-order valence-electron chi connectivity index (χ2n) is 7.78. The zero-order valence-electron chi connectivity index (χ0n) is 17.0. The van der Waals surface area contributed by atoms with Crippen LogP contribution in [0.15, 0.2) is 60.9 Å². The molecule has 1 amide bonds. The predicted octanol–water partition coefficient (Wildman–Crippen LogP) is 3.76. The number of nitrogens with two attached hydrogens (primary N) is 1. The van der Waals surface area contributed by atoms with E-state index in [0.717, 1.165) is 47.5 Å². The molecule has 3 N–H and O–H groups in total. The molecule has 31 heavy (non-hydrogen) atoms. The van der Waals surface area contributed by atoms with Crippen molar-refractivity contribution in [3.05, 3.63) is 88.2 Å². The van der Waals surface area contributed by atoms with Gasteiger partial charge in [-0.2, -0.15) is 0 Å². The Morgan fingerprint density at radius 2 is 2.00 bits per heavy atom. The lowest BCUT2D eigenvalue weighted by Gasteiger charge is -2.28. The van der Waals surface area contributed by atoms with Gasteiger partial charge in [0, 0.05) is 56.1 Å². The van der Waals surface area contributed by atoms with Crippen molar-refractivity contribution in [1.29, 1.82) is 0 Å². The highest BCUT2D eigenvalue weighted by Gasteiger charge is 2.22. The first-order valence-electron chi connectivity index (χ1n) is 10.3. The molecule has 1 aliphatic heterocycles. The normalized spacial score (nSPS) is 13.8. The maximum absolute atomic E-state index is 12.7. The number of nitrogen functional groups attached to an aromatic ring is 1. The molecule has 3 aromatic heterocycles. The quantitative estimate of drug-likeness (QED) is 0.505. The van der Waals surface area contributed by atoms with Crippen LogP contribution in [-0.2, 0) is 26.1 Å². The topological polar surface area (TPSA) is 84.1 Å². The van der Waals surface area contributed by atoms with E-state index in [-0.39, 0.29) is 5.91 Å². The number of hydrogen-bond acceptors (Lipinski definition) is 6. The maximum Gasteiger partial charge on any atom is 0.263 e. The van der Waals surface area contributed by atoms with Crippen LogP contribution in [0.25, 0.3) is 10.2 Å². The summed E-state index contributed by atoms with van der Waals surface area (Å²) in [5.41, 5.74) is 11.5. The van der Waals surface area contributed by atoms with Gasteiger partial charge >= 0.3 is 0 Å². The van der Waals surface area contributed by atoms with Crippen LogP contribution in [0.5, 0.6) is 0 Å². The number of aromatic nitrogens is 2. The first-order valence-corrected chi connectivity index (χ1v) is 11.1. The van der Waals surface area contributed by atoms with Crippen molar-refractivity contribution < 1.29 is 4.79 Å². The number of rotatable bonds is 5. The van der Waals surface area contributed by atoms with E-state index in [9.17, 15) is 4.79 Å². The van der Waals surface area contributed by atoms with Crippen LogP contribution in [0.2, 0.25) is 0 Å². The fraction of sp³-hybridized carbons (Fsp3) is 0.208. The lowest BCUT2D eigenvalue weighted by Crippen LogP contribution is -2.30. The second kappa shape index (κ2) is 8.45. The van der Waals surface area contributed by atoms with Gasteiger partial charge in [0.2, 0.25) is 0 Å². The van der Waals surface area contributed by atoms with Gasteiger partial charge < -0.3 is 11.1 Å². The monoisotopic (exact) mass is 429 g/mol. The minimum absolute atomic E-state index is 0.173. The van der Waals surface area contributed by atoms with Gasteiger partial charge in [0.1, 0.15) is 9.71 Å². The summed E-state index contributed by atoms with van der Waals surface area (Å²) in [6, 6.07) is 16.4. The maximum atomic E-state index is 12.7. The molecule has 0 spiro atoms. The SMILES string of the molecule is Nc1c(C(=O)NCc2cccnc2)sc2nc3c(cc12)CN(Cc1ccccc1)CC3. The zero-order valence-corrected chi connectivity index (χ0v) is 17.9. The predicted molar refractivity (Wildman–Crippen MR) is 124 cm³/mol. The minimum Gasteiger partial charge on any atom is -0.397 e. The third kappa shape index (κ3) is 4.15. The lowest BCUT2D eigenvalue weighted by molar-refractivity contribution is 0.0956. The Hall–Kier alpha value is -3.29. The van der Waals surface area contributed by atoms with Gasteiger partial charge in [-0.15, -0.1) is 11.3 Å². The van der Waals surface area contributed by atoms with Gasteiger partial charge in [0.25, 0.3) is 5.91 Å². The summed E-state index contributed by atoms with van der Waals surface area (Å²) in [6.45, 7) is 3.14. The number of pyridine rings is 2. The highest BCUT2D eigenvalue weighted by atomic mass is 32.1. The van der Waals surface area contributed by atoms with Gasteiger partial charge in [-0.1, -0.05) is 36.4 Å². The van der Waals surface area contributed by atoms with Gasteiger partial charge in [-0.05, 0) is 28.8 Å². The number of hydrogen-bond donors (Lipinski definition) is 2.